The van der Waals surface area contributed by atoms with E-state index in [2.05, 4.69) is 142 Å². The van der Waals surface area contributed by atoms with E-state index in [0.29, 0.717) is 19.3 Å². The van der Waals surface area contributed by atoms with E-state index in [1.54, 1.807) is 0 Å². The molecule has 0 aliphatic rings. The fourth-order valence-corrected chi connectivity index (χ4v) is 8.67. The number of carbonyl (C=O) groups is 3. The minimum atomic E-state index is -0.795. The molecule has 0 rings (SSSR count). The molecule has 0 aliphatic heterocycles. The average molecular weight is 1070 g/mol. The second kappa shape index (κ2) is 64.3. The SMILES string of the molecule is CC/C=C\C/C=C\C/C=C\C/C=C\C/C=C\C/C=C\C/C=C\C/C=C\CCCCCCC(=O)OCC(COC(=O)CCCCCCCCCCCCCC)OC(=O)CCCCCCCCC/C=C\C/C=C\CCCCCC. The summed E-state index contributed by atoms with van der Waals surface area (Å²) in [7, 11) is 0. The maximum atomic E-state index is 12.9. The van der Waals surface area contributed by atoms with Gasteiger partial charge in [-0.3, -0.25) is 14.4 Å². The molecular weight excluding hydrogens is 949 g/mol. The number of hydrogen-bond donors (Lipinski definition) is 0. The number of rotatable bonds is 57. The molecular formula is C71H118O6. The van der Waals surface area contributed by atoms with Crippen LogP contribution in [0.15, 0.2) is 122 Å². The van der Waals surface area contributed by atoms with E-state index < -0.39 is 6.10 Å². The quantitative estimate of drug-likeness (QED) is 0.0261. The molecule has 77 heavy (non-hydrogen) atoms. The highest BCUT2D eigenvalue weighted by Gasteiger charge is 2.19. The van der Waals surface area contributed by atoms with Crippen molar-refractivity contribution in [3.05, 3.63) is 122 Å². The molecule has 0 saturated carbocycles. The molecule has 0 aromatic carbocycles. The van der Waals surface area contributed by atoms with Crippen molar-refractivity contribution in [3.63, 3.8) is 0 Å². The maximum Gasteiger partial charge on any atom is 0.306 e. The van der Waals surface area contributed by atoms with Crippen LogP contribution >= 0.6 is 0 Å². The van der Waals surface area contributed by atoms with Crippen molar-refractivity contribution in [2.45, 2.75) is 297 Å². The molecule has 0 saturated heterocycles. The first-order chi connectivity index (χ1) is 38.0. The van der Waals surface area contributed by atoms with Crippen LogP contribution < -0.4 is 0 Å². The zero-order chi connectivity index (χ0) is 55.7. The van der Waals surface area contributed by atoms with Crippen molar-refractivity contribution in [2.75, 3.05) is 13.2 Å². The van der Waals surface area contributed by atoms with Gasteiger partial charge in [-0.05, 0) is 116 Å². The first-order valence-electron chi connectivity index (χ1n) is 32.0. The highest BCUT2D eigenvalue weighted by Crippen LogP contribution is 2.15. The highest BCUT2D eigenvalue weighted by atomic mass is 16.6. The van der Waals surface area contributed by atoms with Crippen molar-refractivity contribution < 1.29 is 28.6 Å². The molecule has 0 heterocycles. The van der Waals surface area contributed by atoms with E-state index in [4.69, 9.17) is 14.2 Å². The van der Waals surface area contributed by atoms with Gasteiger partial charge in [-0.25, -0.2) is 0 Å². The van der Waals surface area contributed by atoms with Crippen LogP contribution in [0.4, 0.5) is 0 Å². The Morgan fingerprint density at radius 2 is 0.506 bits per heavy atom. The van der Waals surface area contributed by atoms with Crippen molar-refractivity contribution in [2.24, 2.45) is 0 Å². The molecule has 0 bridgehead atoms. The first kappa shape index (κ1) is 72.8. The Hall–Kier alpha value is -4.19. The minimum absolute atomic E-state index is 0.0894. The molecule has 1 atom stereocenters. The summed E-state index contributed by atoms with van der Waals surface area (Å²) >= 11 is 0. The van der Waals surface area contributed by atoms with Gasteiger partial charge < -0.3 is 14.2 Å². The minimum Gasteiger partial charge on any atom is -0.462 e. The zero-order valence-electron chi connectivity index (χ0n) is 50.2. The molecule has 0 aliphatic carbocycles. The summed E-state index contributed by atoms with van der Waals surface area (Å²) in [5.41, 5.74) is 0. The number of allylic oxidation sites excluding steroid dienone is 20. The van der Waals surface area contributed by atoms with Crippen LogP contribution in [-0.4, -0.2) is 37.2 Å². The number of ether oxygens (including phenoxy) is 3. The van der Waals surface area contributed by atoms with Crippen LogP contribution in [0.25, 0.3) is 0 Å². The van der Waals surface area contributed by atoms with Gasteiger partial charge in [0, 0.05) is 19.3 Å². The molecule has 0 aromatic heterocycles. The van der Waals surface area contributed by atoms with Gasteiger partial charge in [-0.2, -0.15) is 0 Å². The van der Waals surface area contributed by atoms with Crippen LogP contribution in [0.3, 0.4) is 0 Å². The van der Waals surface area contributed by atoms with Gasteiger partial charge in [-0.15, -0.1) is 0 Å². The van der Waals surface area contributed by atoms with E-state index in [0.717, 1.165) is 135 Å². The summed E-state index contributed by atoms with van der Waals surface area (Å²) < 4.78 is 16.9. The van der Waals surface area contributed by atoms with Crippen molar-refractivity contribution in [1.29, 1.82) is 0 Å². The maximum absolute atomic E-state index is 12.9. The van der Waals surface area contributed by atoms with Crippen LogP contribution in [0.1, 0.15) is 290 Å². The summed E-state index contributed by atoms with van der Waals surface area (Å²) in [4.78, 5) is 38.3. The molecule has 0 radical (unpaired) electrons. The van der Waals surface area contributed by atoms with Crippen LogP contribution in [0.5, 0.6) is 0 Å². The first-order valence-corrected chi connectivity index (χ1v) is 32.0. The zero-order valence-corrected chi connectivity index (χ0v) is 50.2. The van der Waals surface area contributed by atoms with Gasteiger partial charge in [-0.1, -0.05) is 277 Å². The number of esters is 3. The molecule has 0 N–H and O–H groups in total. The lowest BCUT2D eigenvalue weighted by Gasteiger charge is -2.18. The molecule has 0 fully saturated rings. The van der Waals surface area contributed by atoms with E-state index in [1.165, 1.54) is 116 Å². The van der Waals surface area contributed by atoms with Crippen molar-refractivity contribution in [3.8, 4) is 0 Å². The summed E-state index contributed by atoms with van der Waals surface area (Å²) in [6.07, 6.45) is 89.1. The lowest BCUT2D eigenvalue weighted by Crippen LogP contribution is -2.30. The van der Waals surface area contributed by atoms with Gasteiger partial charge in [0.25, 0.3) is 0 Å². The van der Waals surface area contributed by atoms with Gasteiger partial charge >= 0.3 is 17.9 Å². The summed E-state index contributed by atoms with van der Waals surface area (Å²) in [6, 6.07) is 0. The molecule has 438 valence electrons. The van der Waals surface area contributed by atoms with E-state index in [9.17, 15) is 14.4 Å². The third kappa shape index (κ3) is 62.5. The largest absolute Gasteiger partial charge is 0.462 e. The Balaban J connectivity index is 4.38. The molecule has 6 heteroatoms. The summed E-state index contributed by atoms with van der Waals surface area (Å²) in [5, 5.41) is 0. The van der Waals surface area contributed by atoms with E-state index in [-0.39, 0.29) is 31.1 Å². The Kier molecular flexibility index (Phi) is 60.8. The Labute approximate surface area is 475 Å². The van der Waals surface area contributed by atoms with Gasteiger partial charge in [0.05, 0.1) is 0 Å². The van der Waals surface area contributed by atoms with Crippen LogP contribution in [0, 0.1) is 0 Å². The Morgan fingerprint density at radius 3 is 0.805 bits per heavy atom. The number of unbranched alkanes of at least 4 members (excludes halogenated alkanes) is 26. The molecule has 1 unspecified atom stereocenters. The molecule has 0 spiro atoms. The standard InChI is InChI=1S/C71H118O6/c1-4-7-10-13-16-19-22-25-27-29-31-32-33-34-35-36-37-38-39-40-41-43-44-46-49-52-55-58-61-64-70(73)76-67-68(66-75-69(72)63-60-57-54-51-48-24-21-18-15-12-9-6-3)77-71(74)65-62-59-56-53-50-47-45-42-30-28-26-23-20-17-14-11-8-5-2/h7,10,16,19-20,23,25,27-28,30-32,34-35,37-38,40-41,44,46,68H,4-6,8-9,11-15,17-18,21-22,24,26,29,33,36,39,42-43,45,47-67H2,1-3H3/b10-7-,19-16-,23-20-,27-25-,30-28-,32-31-,35-34-,38-37-,41-40-,46-44-. The van der Waals surface area contributed by atoms with Gasteiger partial charge in [0.1, 0.15) is 13.2 Å². The normalized spacial score (nSPS) is 12.9. The Morgan fingerprint density at radius 1 is 0.273 bits per heavy atom. The van der Waals surface area contributed by atoms with E-state index >= 15 is 0 Å². The van der Waals surface area contributed by atoms with E-state index in [1.807, 2.05) is 0 Å². The summed E-state index contributed by atoms with van der Waals surface area (Å²) in [5.74, 6) is -0.919. The smallest absolute Gasteiger partial charge is 0.306 e. The third-order valence-electron chi connectivity index (χ3n) is 13.5. The predicted octanol–water partition coefficient (Wildman–Crippen LogP) is 22.0. The second-order valence-electron chi connectivity index (χ2n) is 20.9. The fraction of sp³-hybridized carbons (Fsp3) is 0.676. The van der Waals surface area contributed by atoms with Crippen molar-refractivity contribution >= 4 is 17.9 Å². The average Bonchev–Trinajstić information content (AvgIpc) is 3.43. The Bertz CT molecular complexity index is 1600. The lowest BCUT2D eigenvalue weighted by atomic mass is 10.0. The monoisotopic (exact) mass is 1070 g/mol. The van der Waals surface area contributed by atoms with Crippen molar-refractivity contribution in [1.82, 2.24) is 0 Å². The molecule has 0 amide bonds. The summed E-state index contributed by atoms with van der Waals surface area (Å²) in [6.45, 7) is 6.49. The number of carbonyl (C=O) groups excluding carboxylic acids is 3. The molecule has 6 nitrogen and oxygen atoms in total. The lowest BCUT2D eigenvalue weighted by molar-refractivity contribution is -0.167. The second-order valence-corrected chi connectivity index (χ2v) is 20.9. The highest BCUT2D eigenvalue weighted by molar-refractivity contribution is 5.71. The van der Waals surface area contributed by atoms with Crippen LogP contribution in [0.2, 0.25) is 0 Å². The fourth-order valence-electron chi connectivity index (χ4n) is 8.67. The van der Waals surface area contributed by atoms with Crippen LogP contribution in [-0.2, 0) is 28.6 Å². The molecule has 0 aromatic rings. The topological polar surface area (TPSA) is 78.9 Å². The van der Waals surface area contributed by atoms with Gasteiger partial charge in [0.2, 0.25) is 0 Å². The predicted molar refractivity (Wildman–Crippen MR) is 334 cm³/mol. The third-order valence-corrected chi connectivity index (χ3v) is 13.5. The number of hydrogen-bond acceptors (Lipinski definition) is 6. The van der Waals surface area contributed by atoms with Gasteiger partial charge in [0.15, 0.2) is 6.10 Å².